The van der Waals surface area contributed by atoms with Gasteiger partial charge in [0.15, 0.2) is 0 Å². The van der Waals surface area contributed by atoms with Gasteiger partial charge in [-0.2, -0.15) is 11.3 Å². The Morgan fingerprint density at radius 3 is 2.90 bits per heavy atom. The number of nitrogens with zero attached hydrogens (tertiary/aromatic N) is 1. The van der Waals surface area contributed by atoms with E-state index >= 15 is 0 Å². The van der Waals surface area contributed by atoms with E-state index in [1.165, 1.54) is 0 Å². The van der Waals surface area contributed by atoms with Crippen molar-refractivity contribution in [1.82, 2.24) is 10.3 Å². The number of hydrogen-bond acceptors (Lipinski definition) is 4. The van der Waals surface area contributed by atoms with Crippen LogP contribution in [0.25, 0.3) is 10.9 Å². The van der Waals surface area contributed by atoms with Crippen LogP contribution in [-0.2, 0) is 6.54 Å². The average Bonchev–Trinajstić information content (AvgIpc) is 3.05. The van der Waals surface area contributed by atoms with Crippen LogP contribution < -0.4 is 10.6 Å². The largest absolute Gasteiger partial charge is 0.373 e. The van der Waals surface area contributed by atoms with Gasteiger partial charge in [0.1, 0.15) is 5.82 Å². The zero-order valence-corrected chi connectivity index (χ0v) is 12.4. The number of carbonyl (C=O) groups excluding carboxylic acids is 1. The zero-order valence-electron chi connectivity index (χ0n) is 11.6. The molecule has 2 N–H and O–H groups in total. The van der Waals surface area contributed by atoms with Gasteiger partial charge >= 0.3 is 0 Å². The highest BCUT2D eigenvalue weighted by molar-refractivity contribution is 7.07. The van der Waals surface area contributed by atoms with Crippen LogP contribution >= 0.6 is 11.3 Å². The molecule has 1 aromatic carbocycles. The molecule has 2 aromatic heterocycles. The van der Waals surface area contributed by atoms with Crippen molar-refractivity contribution < 1.29 is 4.79 Å². The Bertz CT molecular complexity index is 768. The molecule has 21 heavy (non-hydrogen) atoms. The van der Waals surface area contributed by atoms with E-state index in [0.29, 0.717) is 17.9 Å². The second-order valence-corrected chi connectivity index (χ2v) is 5.42. The van der Waals surface area contributed by atoms with Crippen LogP contribution in [0.2, 0.25) is 0 Å². The standard InChI is InChI=1S/C16H15N3OS/c1-17-15-8-13(12-4-2-3-5-14(12)19-15)16(20)18-9-11-6-7-21-10-11/h2-8,10H,9H2,1H3,(H,17,19)(H,18,20). The number of nitrogens with one attached hydrogen (secondary N) is 2. The first-order valence-electron chi connectivity index (χ1n) is 6.65. The Morgan fingerprint density at radius 1 is 1.29 bits per heavy atom. The molecule has 0 fully saturated rings. The zero-order chi connectivity index (χ0) is 14.7. The van der Waals surface area contributed by atoms with Gasteiger partial charge in [-0.1, -0.05) is 18.2 Å². The third-order valence-electron chi connectivity index (χ3n) is 3.25. The number of anilines is 1. The highest BCUT2D eigenvalue weighted by Gasteiger charge is 2.12. The molecule has 5 heteroatoms. The molecule has 1 amide bonds. The van der Waals surface area contributed by atoms with Crippen molar-refractivity contribution in [1.29, 1.82) is 0 Å². The van der Waals surface area contributed by atoms with Gasteiger partial charge in [0.25, 0.3) is 5.91 Å². The van der Waals surface area contributed by atoms with E-state index in [-0.39, 0.29) is 5.91 Å². The number of rotatable bonds is 4. The first-order chi connectivity index (χ1) is 10.3. The Kier molecular flexibility index (Phi) is 3.83. The molecule has 3 rings (SSSR count). The molecule has 2 heterocycles. The summed E-state index contributed by atoms with van der Waals surface area (Å²) in [6, 6.07) is 11.5. The lowest BCUT2D eigenvalue weighted by molar-refractivity contribution is 0.0952. The smallest absolute Gasteiger partial charge is 0.252 e. The second-order valence-electron chi connectivity index (χ2n) is 4.64. The normalized spacial score (nSPS) is 10.5. The Hall–Kier alpha value is -2.40. The van der Waals surface area contributed by atoms with Crippen molar-refractivity contribution in [3.8, 4) is 0 Å². The van der Waals surface area contributed by atoms with Gasteiger partial charge in [0.05, 0.1) is 11.1 Å². The number of fused-ring (bicyclic) bond motifs is 1. The molecule has 0 aliphatic heterocycles. The molecule has 0 aliphatic carbocycles. The van der Waals surface area contributed by atoms with E-state index in [1.54, 1.807) is 24.5 Å². The minimum Gasteiger partial charge on any atom is -0.373 e. The van der Waals surface area contributed by atoms with E-state index in [9.17, 15) is 4.79 Å². The summed E-state index contributed by atoms with van der Waals surface area (Å²) in [5, 5.41) is 10.8. The van der Waals surface area contributed by atoms with E-state index < -0.39 is 0 Å². The fourth-order valence-electron chi connectivity index (χ4n) is 2.16. The third-order valence-corrected chi connectivity index (χ3v) is 3.98. The minimum absolute atomic E-state index is 0.0868. The minimum atomic E-state index is -0.0868. The Balaban J connectivity index is 1.92. The maximum absolute atomic E-state index is 12.5. The van der Waals surface area contributed by atoms with Gasteiger partial charge < -0.3 is 10.6 Å². The first-order valence-corrected chi connectivity index (χ1v) is 7.59. The molecular formula is C16H15N3OS. The molecule has 0 aliphatic rings. The van der Waals surface area contributed by atoms with Crippen LogP contribution in [0.15, 0.2) is 47.2 Å². The summed E-state index contributed by atoms with van der Waals surface area (Å²) in [4.78, 5) is 16.9. The van der Waals surface area contributed by atoms with Crippen LogP contribution in [0.5, 0.6) is 0 Å². The summed E-state index contributed by atoms with van der Waals surface area (Å²) in [5.74, 6) is 0.602. The first kappa shape index (κ1) is 13.6. The maximum Gasteiger partial charge on any atom is 0.252 e. The van der Waals surface area contributed by atoms with Gasteiger partial charge in [-0.05, 0) is 34.5 Å². The molecule has 0 saturated carbocycles. The van der Waals surface area contributed by atoms with Crippen molar-refractivity contribution in [3.05, 3.63) is 58.3 Å². The summed E-state index contributed by atoms with van der Waals surface area (Å²) in [6.07, 6.45) is 0. The van der Waals surface area contributed by atoms with E-state index in [2.05, 4.69) is 15.6 Å². The fourth-order valence-corrected chi connectivity index (χ4v) is 2.83. The fraction of sp³-hybridized carbons (Fsp3) is 0.125. The SMILES string of the molecule is CNc1cc(C(=O)NCc2ccsc2)c2ccccc2n1. The third kappa shape index (κ3) is 2.87. The number of thiophene rings is 1. The van der Waals surface area contributed by atoms with E-state index in [0.717, 1.165) is 16.5 Å². The highest BCUT2D eigenvalue weighted by Crippen LogP contribution is 2.20. The second kappa shape index (κ2) is 5.93. The highest BCUT2D eigenvalue weighted by atomic mass is 32.1. The summed E-state index contributed by atoms with van der Waals surface area (Å²) in [7, 11) is 1.80. The molecule has 0 bridgehead atoms. The number of pyridine rings is 1. The van der Waals surface area contributed by atoms with E-state index in [1.807, 2.05) is 41.1 Å². The lowest BCUT2D eigenvalue weighted by Crippen LogP contribution is -2.23. The van der Waals surface area contributed by atoms with Gasteiger partial charge in [-0.3, -0.25) is 4.79 Å². The molecule has 0 saturated heterocycles. The molecule has 106 valence electrons. The van der Waals surface area contributed by atoms with Crippen molar-refractivity contribution in [2.45, 2.75) is 6.54 Å². The van der Waals surface area contributed by atoms with Crippen molar-refractivity contribution in [2.75, 3.05) is 12.4 Å². The van der Waals surface area contributed by atoms with Gasteiger partial charge in [0.2, 0.25) is 0 Å². The van der Waals surface area contributed by atoms with Crippen molar-refractivity contribution in [3.63, 3.8) is 0 Å². The maximum atomic E-state index is 12.5. The van der Waals surface area contributed by atoms with Crippen LogP contribution in [0.4, 0.5) is 5.82 Å². The van der Waals surface area contributed by atoms with Gasteiger partial charge in [-0.15, -0.1) is 0 Å². The summed E-state index contributed by atoms with van der Waals surface area (Å²) in [6.45, 7) is 0.536. The number of benzene rings is 1. The monoisotopic (exact) mass is 297 g/mol. The summed E-state index contributed by atoms with van der Waals surface area (Å²) < 4.78 is 0. The van der Waals surface area contributed by atoms with Crippen LogP contribution in [0.3, 0.4) is 0 Å². The number of para-hydroxylation sites is 1. The van der Waals surface area contributed by atoms with E-state index in [4.69, 9.17) is 0 Å². The predicted octanol–water partition coefficient (Wildman–Crippen LogP) is 3.27. The molecule has 4 nitrogen and oxygen atoms in total. The van der Waals surface area contributed by atoms with Crippen molar-refractivity contribution in [2.24, 2.45) is 0 Å². The summed E-state index contributed by atoms with van der Waals surface area (Å²) >= 11 is 1.62. The molecule has 0 unspecified atom stereocenters. The molecule has 0 spiro atoms. The number of amides is 1. The lowest BCUT2D eigenvalue weighted by atomic mass is 10.1. The molecule has 3 aromatic rings. The molecular weight excluding hydrogens is 282 g/mol. The van der Waals surface area contributed by atoms with Crippen LogP contribution in [0.1, 0.15) is 15.9 Å². The summed E-state index contributed by atoms with van der Waals surface area (Å²) in [5.41, 5.74) is 2.56. The van der Waals surface area contributed by atoms with Crippen molar-refractivity contribution >= 4 is 34.0 Å². The topological polar surface area (TPSA) is 54.0 Å². The average molecular weight is 297 g/mol. The van der Waals surface area contributed by atoms with Crippen LogP contribution in [-0.4, -0.2) is 17.9 Å². The number of aromatic nitrogens is 1. The van der Waals surface area contributed by atoms with Gasteiger partial charge in [0, 0.05) is 19.0 Å². The Labute approximate surface area is 126 Å². The Morgan fingerprint density at radius 2 is 2.14 bits per heavy atom. The number of carbonyl (C=O) groups is 1. The predicted molar refractivity (Wildman–Crippen MR) is 86.8 cm³/mol. The quantitative estimate of drug-likeness (QED) is 0.777. The van der Waals surface area contributed by atoms with Crippen LogP contribution in [0, 0.1) is 0 Å². The lowest BCUT2D eigenvalue weighted by Gasteiger charge is -2.09. The molecule has 0 radical (unpaired) electrons. The molecule has 0 atom stereocenters. The van der Waals surface area contributed by atoms with Gasteiger partial charge in [-0.25, -0.2) is 4.98 Å². The number of hydrogen-bond donors (Lipinski definition) is 2.